The van der Waals surface area contributed by atoms with Crippen molar-refractivity contribution >= 4 is 11.7 Å². The number of likely N-dealkylation sites (tertiary alicyclic amines) is 1. The van der Waals surface area contributed by atoms with Gasteiger partial charge in [0.2, 0.25) is 5.91 Å². The van der Waals surface area contributed by atoms with Gasteiger partial charge in [-0.15, -0.1) is 0 Å². The van der Waals surface area contributed by atoms with Crippen molar-refractivity contribution < 1.29 is 9.59 Å². The second kappa shape index (κ2) is 5.12. The summed E-state index contributed by atoms with van der Waals surface area (Å²) in [6.45, 7) is 4.44. The van der Waals surface area contributed by atoms with Crippen LogP contribution in [0.3, 0.4) is 0 Å². The van der Waals surface area contributed by atoms with Crippen LogP contribution in [0, 0.1) is 33.5 Å². The quantitative estimate of drug-likeness (QED) is 0.693. The highest BCUT2D eigenvalue weighted by Gasteiger charge is 2.63. The van der Waals surface area contributed by atoms with Crippen molar-refractivity contribution in [2.24, 2.45) is 33.8 Å². The molecule has 1 amide bonds. The molecule has 4 rings (SSSR count). The predicted molar refractivity (Wildman–Crippen MR) is 90.2 cm³/mol. The van der Waals surface area contributed by atoms with Crippen molar-refractivity contribution in [2.75, 3.05) is 7.05 Å². The number of carbonyl (C=O) groups excluding carboxylic acids is 2. The summed E-state index contributed by atoms with van der Waals surface area (Å²) >= 11 is 0. The second-order valence-electron chi connectivity index (χ2n) is 9.16. The summed E-state index contributed by atoms with van der Waals surface area (Å²) in [5, 5.41) is 3.14. The Morgan fingerprint density at radius 2 is 1.83 bits per heavy atom. The van der Waals surface area contributed by atoms with Gasteiger partial charge in [0.1, 0.15) is 0 Å². The number of hydrogen-bond donors (Lipinski definition) is 0. The lowest BCUT2D eigenvalue weighted by Gasteiger charge is -2.61. The van der Waals surface area contributed by atoms with E-state index in [0.717, 1.165) is 32.1 Å². The van der Waals surface area contributed by atoms with Crippen molar-refractivity contribution in [3.63, 3.8) is 0 Å². The van der Waals surface area contributed by atoms with Crippen LogP contribution in [0.5, 0.6) is 0 Å². The molecule has 0 bridgehead atoms. The van der Waals surface area contributed by atoms with Gasteiger partial charge in [-0.25, -0.2) is 0 Å². The smallest absolute Gasteiger partial charge is 0.222 e. The molecule has 4 aliphatic rings. The first kappa shape index (κ1) is 16.2. The molecule has 5 unspecified atom stereocenters. The average molecular weight is 332 g/mol. The number of fused-ring (bicyclic) bond motifs is 5. The molecule has 7 atom stereocenters. The molecular formula is C19H28N2O3. The molecule has 0 aromatic carbocycles. The number of Topliss-reactive ketones (excluding diaryl/α,β-unsaturated/α-hetero) is 1. The third-order valence-corrected chi connectivity index (χ3v) is 8.42. The van der Waals surface area contributed by atoms with Gasteiger partial charge in [-0.1, -0.05) is 19.0 Å². The maximum absolute atomic E-state index is 12.7. The van der Waals surface area contributed by atoms with Gasteiger partial charge in [-0.2, -0.15) is 4.91 Å². The van der Waals surface area contributed by atoms with E-state index >= 15 is 0 Å². The molecule has 1 heterocycles. The van der Waals surface area contributed by atoms with E-state index in [0.29, 0.717) is 36.6 Å². The van der Waals surface area contributed by atoms with Crippen LogP contribution in [0.1, 0.15) is 58.8 Å². The molecule has 0 aromatic rings. The first-order valence-corrected chi connectivity index (χ1v) is 9.45. The molecule has 0 aromatic heterocycles. The largest absolute Gasteiger partial charge is 0.342 e. The third-order valence-electron chi connectivity index (χ3n) is 8.42. The lowest BCUT2D eigenvalue weighted by molar-refractivity contribution is -0.158. The lowest BCUT2D eigenvalue weighted by Crippen LogP contribution is -2.61. The molecule has 4 fully saturated rings. The van der Waals surface area contributed by atoms with Crippen molar-refractivity contribution in [3.8, 4) is 0 Å². The Hall–Kier alpha value is -1.26. The first-order chi connectivity index (χ1) is 11.3. The normalized spacial score (nSPS) is 51.0. The lowest BCUT2D eigenvalue weighted by atomic mass is 9.47. The second-order valence-corrected chi connectivity index (χ2v) is 9.16. The van der Waals surface area contributed by atoms with Gasteiger partial charge >= 0.3 is 0 Å². The maximum atomic E-state index is 12.7. The average Bonchev–Trinajstić information content (AvgIpc) is 2.83. The SMILES string of the molecule is CN1C(=O)CC[C@]2(C)C3CC[C@]4(C)C(=O)C(N=O)CC4C3CCC12. The van der Waals surface area contributed by atoms with Gasteiger partial charge in [0.15, 0.2) is 11.8 Å². The molecule has 5 nitrogen and oxygen atoms in total. The van der Waals surface area contributed by atoms with Crippen LogP contribution < -0.4 is 0 Å². The Bertz CT molecular complexity index is 605. The number of piperidine rings is 1. The van der Waals surface area contributed by atoms with E-state index in [1.54, 1.807) is 0 Å². The van der Waals surface area contributed by atoms with E-state index < -0.39 is 6.04 Å². The fraction of sp³-hybridized carbons (Fsp3) is 0.895. The first-order valence-electron chi connectivity index (χ1n) is 9.45. The van der Waals surface area contributed by atoms with Gasteiger partial charge < -0.3 is 4.90 Å². The molecule has 3 saturated carbocycles. The molecule has 0 spiro atoms. The maximum Gasteiger partial charge on any atom is 0.222 e. The topological polar surface area (TPSA) is 66.8 Å². The Balaban J connectivity index is 1.67. The van der Waals surface area contributed by atoms with Crippen LogP contribution in [-0.4, -0.2) is 35.7 Å². The highest BCUT2D eigenvalue weighted by atomic mass is 16.3. The predicted octanol–water partition coefficient (Wildman–Crippen LogP) is 3.16. The van der Waals surface area contributed by atoms with E-state index in [2.05, 4.69) is 19.0 Å². The highest BCUT2D eigenvalue weighted by molar-refractivity contribution is 5.92. The summed E-state index contributed by atoms with van der Waals surface area (Å²) in [6, 6.07) is -0.290. The molecule has 0 radical (unpaired) electrons. The van der Waals surface area contributed by atoms with Crippen LogP contribution in [-0.2, 0) is 9.59 Å². The number of nitroso groups, excluding NO2 is 1. The Kier molecular flexibility index (Phi) is 3.46. The zero-order chi connectivity index (χ0) is 17.3. The molecular weight excluding hydrogens is 304 g/mol. The fourth-order valence-corrected chi connectivity index (χ4v) is 7.03. The minimum atomic E-state index is -0.625. The third kappa shape index (κ3) is 1.87. The molecule has 0 N–H and O–H groups in total. The minimum Gasteiger partial charge on any atom is -0.342 e. The van der Waals surface area contributed by atoms with Gasteiger partial charge in [-0.05, 0) is 61.7 Å². The number of rotatable bonds is 1. The van der Waals surface area contributed by atoms with Crippen molar-refractivity contribution in [1.82, 2.24) is 4.90 Å². The minimum absolute atomic E-state index is 0.0872. The summed E-state index contributed by atoms with van der Waals surface area (Å²) < 4.78 is 0. The monoisotopic (exact) mass is 332 g/mol. The molecule has 24 heavy (non-hydrogen) atoms. The standard InChI is InChI=1S/C19H28N2O3/c1-18-9-7-16(22)21(3)15(18)5-4-11-12(18)6-8-19(2)13(11)10-14(20-24)17(19)23/h11-15H,4-10H2,1-3H3/t11?,12?,13?,14?,15?,18-,19+/m1/s1. The summed E-state index contributed by atoms with van der Waals surface area (Å²) in [7, 11) is 1.96. The molecule has 1 aliphatic heterocycles. The van der Waals surface area contributed by atoms with Crippen molar-refractivity contribution in [2.45, 2.75) is 70.9 Å². The van der Waals surface area contributed by atoms with E-state index in [1.807, 2.05) is 11.9 Å². The van der Waals surface area contributed by atoms with Crippen LogP contribution in [0.25, 0.3) is 0 Å². The van der Waals surface area contributed by atoms with Crippen LogP contribution >= 0.6 is 0 Å². The van der Waals surface area contributed by atoms with Gasteiger partial charge in [0, 0.05) is 24.9 Å². The summed E-state index contributed by atoms with van der Waals surface area (Å²) in [5.41, 5.74) is -0.192. The summed E-state index contributed by atoms with van der Waals surface area (Å²) in [6.07, 6.45) is 6.28. The zero-order valence-electron chi connectivity index (χ0n) is 15.0. The molecule has 5 heteroatoms. The van der Waals surface area contributed by atoms with Gasteiger partial charge in [0.05, 0.1) is 0 Å². The molecule has 132 valence electrons. The van der Waals surface area contributed by atoms with E-state index in [-0.39, 0.29) is 22.5 Å². The zero-order valence-corrected chi connectivity index (χ0v) is 15.0. The van der Waals surface area contributed by atoms with Crippen molar-refractivity contribution in [1.29, 1.82) is 0 Å². The fourth-order valence-electron chi connectivity index (χ4n) is 7.03. The summed E-state index contributed by atoms with van der Waals surface area (Å²) in [5.74, 6) is 1.72. The Morgan fingerprint density at radius 3 is 2.54 bits per heavy atom. The van der Waals surface area contributed by atoms with Crippen LogP contribution in [0.4, 0.5) is 0 Å². The number of hydrogen-bond acceptors (Lipinski definition) is 4. The van der Waals surface area contributed by atoms with Crippen molar-refractivity contribution in [3.05, 3.63) is 4.91 Å². The Labute approximate surface area is 143 Å². The number of nitrogens with zero attached hydrogens (tertiary/aromatic N) is 2. The molecule has 1 saturated heterocycles. The van der Waals surface area contributed by atoms with Gasteiger partial charge in [-0.3, -0.25) is 9.59 Å². The Morgan fingerprint density at radius 1 is 1.08 bits per heavy atom. The summed E-state index contributed by atoms with van der Waals surface area (Å²) in [4.78, 5) is 37.9. The van der Waals surface area contributed by atoms with Crippen LogP contribution in [0.15, 0.2) is 5.18 Å². The number of carbonyl (C=O) groups is 2. The van der Waals surface area contributed by atoms with E-state index in [4.69, 9.17) is 0 Å². The van der Waals surface area contributed by atoms with E-state index in [1.165, 1.54) is 0 Å². The van der Waals surface area contributed by atoms with Gasteiger partial charge in [0.25, 0.3) is 0 Å². The molecule has 3 aliphatic carbocycles. The number of amides is 1. The highest BCUT2D eigenvalue weighted by Crippen LogP contribution is 2.64. The van der Waals surface area contributed by atoms with E-state index in [9.17, 15) is 14.5 Å². The number of ketones is 1. The van der Waals surface area contributed by atoms with Crippen LogP contribution in [0.2, 0.25) is 0 Å².